The van der Waals surface area contributed by atoms with E-state index in [1.807, 2.05) is 0 Å². The van der Waals surface area contributed by atoms with Gasteiger partial charge in [0, 0.05) is 0 Å². The van der Waals surface area contributed by atoms with E-state index >= 15 is 0 Å². The van der Waals surface area contributed by atoms with E-state index in [1.165, 1.54) is 83.9 Å². The summed E-state index contributed by atoms with van der Waals surface area (Å²) in [6.07, 6.45) is 14.7. The van der Waals surface area contributed by atoms with Crippen LogP contribution in [0.2, 0.25) is 0 Å². The molecule has 2 aromatic carbocycles. The van der Waals surface area contributed by atoms with Crippen LogP contribution in [0, 0.1) is 20.8 Å². The molecule has 0 aliphatic rings. The largest absolute Gasteiger partial charge is 0.348 e. The summed E-state index contributed by atoms with van der Waals surface area (Å²) < 4.78 is 0. The number of aryl methyl sites for hydroxylation is 4. The fourth-order valence-electron chi connectivity index (χ4n) is 5.69. The molecule has 0 heterocycles. The lowest BCUT2D eigenvalue weighted by Crippen LogP contribution is -2.07. The molecule has 2 rings (SSSR count). The second-order valence-electron chi connectivity index (χ2n) is 11.3. The zero-order valence-corrected chi connectivity index (χ0v) is 26.4. The van der Waals surface area contributed by atoms with E-state index < -0.39 is 0 Å². The minimum Gasteiger partial charge on any atom is -0.348 e. The Hall–Kier alpha value is -2.66. The van der Waals surface area contributed by atoms with E-state index in [9.17, 15) is 5.53 Å². The van der Waals surface area contributed by atoms with Gasteiger partial charge in [0.05, 0.1) is 5.57 Å². The Morgan fingerprint density at radius 3 is 1.64 bits per heavy atom. The maximum atomic E-state index is 9.56. The van der Waals surface area contributed by atoms with Gasteiger partial charge in [-0.05, 0) is 134 Å². The van der Waals surface area contributed by atoms with Gasteiger partial charge in [0.15, 0.2) is 0 Å². The highest BCUT2D eigenvalue weighted by Gasteiger charge is 2.21. The van der Waals surface area contributed by atoms with E-state index in [0.717, 1.165) is 44.1 Å². The van der Waals surface area contributed by atoms with Crippen LogP contribution >= 0.6 is 0 Å². The predicted molar refractivity (Wildman–Crippen MR) is 171 cm³/mol. The summed E-state index contributed by atoms with van der Waals surface area (Å²) in [5, 5.41) is 0. The van der Waals surface area contributed by atoms with Crippen molar-refractivity contribution in [1.82, 2.24) is 0 Å². The first-order valence-corrected chi connectivity index (χ1v) is 15.8. The van der Waals surface area contributed by atoms with Crippen LogP contribution in [0.5, 0.6) is 0 Å². The third kappa shape index (κ3) is 8.93. The van der Waals surface area contributed by atoms with Crippen molar-refractivity contribution in [1.29, 1.82) is 0 Å². The molecule has 0 atom stereocenters. The SMILES string of the molecule is CCCCC(C(=C=[N+]=[N-])CC)=C(c1cc(C)c(C)c(C)c1)c1cc(CCCC)c(CCCC)c(CCCC)c1. The van der Waals surface area contributed by atoms with Gasteiger partial charge in [-0.1, -0.05) is 84.6 Å². The van der Waals surface area contributed by atoms with E-state index in [1.54, 1.807) is 16.7 Å². The van der Waals surface area contributed by atoms with Gasteiger partial charge in [-0.15, -0.1) is 4.79 Å². The van der Waals surface area contributed by atoms with E-state index in [2.05, 4.69) is 90.3 Å². The van der Waals surface area contributed by atoms with Crippen LogP contribution in [-0.4, -0.2) is 10.7 Å². The molecule has 2 heteroatoms. The van der Waals surface area contributed by atoms with Crippen LogP contribution in [0.25, 0.3) is 11.1 Å². The minimum absolute atomic E-state index is 0.788. The summed E-state index contributed by atoms with van der Waals surface area (Å²) in [5.74, 6) is 2.98. The Morgan fingerprint density at radius 2 is 1.18 bits per heavy atom. The molecule has 0 aromatic heterocycles. The predicted octanol–water partition coefficient (Wildman–Crippen LogP) is 10.9. The molecule has 39 heavy (non-hydrogen) atoms. The van der Waals surface area contributed by atoms with Crippen LogP contribution in [0.3, 0.4) is 0 Å². The van der Waals surface area contributed by atoms with Crippen LogP contribution in [0.4, 0.5) is 0 Å². The number of nitrogens with zero attached hydrogens (tertiary/aromatic N) is 2. The van der Waals surface area contributed by atoms with E-state index in [4.69, 9.17) is 0 Å². The molecule has 0 aliphatic heterocycles. The van der Waals surface area contributed by atoms with Crippen molar-refractivity contribution in [3.8, 4) is 0 Å². The number of allylic oxidation sites excluding steroid dienone is 2. The monoisotopic (exact) mass is 526 g/mol. The van der Waals surface area contributed by atoms with Gasteiger partial charge >= 0.3 is 5.87 Å². The molecule has 212 valence electrons. The molecule has 0 radical (unpaired) electrons. The van der Waals surface area contributed by atoms with Crippen molar-refractivity contribution in [2.75, 3.05) is 0 Å². The fraction of sp³-hybridized carbons (Fsp3) is 0.568. The standard InChI is InChI=1S/C37H54N2/c1-9-14-18-31-24-34(25-32(19-15-10-2)35(31)20-16-11-3)37(33-22-27(6)29(8)28(7)23-33)36(21-17-12-4)30(13-5)26-39-38/h22-25H,9-21H2,1-8H3. The zero-order chi connectivity index (χ0) is 28.8. The van der Waals surface area contributed by atoms with Gasteiger partial charge in [0.1, 0.15) is 0 Å². The quantitative estimate of drug-likeness (QED) is 0.0902. The molecular formula is C37H54N2. The number of unbranched alkanes of at least 4 members (excludes halogenated alkanes) is 4. The number of hydrogen-bond donors (Lipinski definition) is 0. The Kier molecular flexibility index (Phi) is 14.3. The first-order chi connectivity index (χ1) is 18.9. The molecule has 2 aromatic rings. The van der Waals surface area contributed by atoms with Gasteiger partial charge in [0.2, 0.25) is 0 Å². The topological polar surface area (TPSA) is 36.4 Å². The summed E-state index contributed by atoms with van der Waals surface area (Å²) in [5.41, 5.74) is 24.5. The van der Waals surface area contributed by atoms with Crippen molar-refractivity contribution in [2.45, 2.75) is 139 Å². The average molecular weight is 527 g/mol. The van der Waals surface area contributed by atoms with Crippen molar-refractivity contribution < 1.29 is 4.79 Å². The second-order valence-corrected chi connectivity index (χ2v) is 11.3. The van der Waals surface area contributed by atoms with Crippen LogP contribution in [0.15, 0.2) is 35.4 Å². The molecule has 0 spiro atoms. The van der Waals surface area contributed by atoms with Gasteiger partial charge in [-0.25, -0.2) is 0 Å². The molecule has 0 N–H and O–H groups in total. The third-order valence-electron chi connectivity index (χ3n) is 8.30. The smallest absolute Gasteiger partial charge is 0.303 e. The van der Waals surface area contributed by atoms with Crippen LogP contribution < -0.4 is 0 Å². The molecule has 0 amide bonds. The van der Waals surface area contributed by atoms with Crippen LogP contribution in [0.1, 0.15) is 143 Å². The highest BCUT2D eigenvalue weighted by atomic mass is 14.8. The van der Waals surface area contributed by atoms with Crippen molar-refractivity contribution in [3.05, 3.63) is 85.5 Å². The fourth-order valence-corrected chi connectivity index (χ4v) is 5.69. The van der Waals surface area contributed by atoms with Gasteiger partial charge in [-0.2, -0.15) is 0 Å². The lowest BCUT2D eigenvalue weighted by Gasteiger charge is -2.23. The van der Waals surface area contributed by atoms with Crippen molar-refractivity contribution >= 4 is 11.4 Å². The summed E-state index contributed by atoms with van der Waals surface area (Å²) in [6, 6.07) is 9.78. The molecule has 0 saturated heterocycles. The van der Waals surface area contributed by atoms with E-state index in [-0.39, 0.29) is 0 Å². The number of rotatable bonds is 16. The van der Waals surface area contributed by atoms with Crippen LogP contribution in [-0.2, 0) is 19.3 Å². The molecular weight excluding hydrogens is 472 g/mol. The number of benzene rings is 2. The molecule has 0 unspecified atom stereocenters. The number of hydrogen-bond acceptors (Lipinski definition) is 0. The zero-order valence-electron chi connectivity index (χ0n) is 26.4. The van der Waals surface area contributed by atoms with Gasteiger partial charge in [0.25, 0.3) is 0 Å². The molecule has 0 saturated carbocycles. The Balaban J connectivity index is 3.06. The lowest BCUT2D eigenvalue weighted by atomic mass is 9.81. The summed E-state index contributed by atoms with van der Waals surface area (Å²) >= 11 is 0. The maximum Gasteiger partial charge on any atom is 0.303 e. The summed E-state index contributed by atoms with van der Waals surface area (Å²) in [4.78, 5) is 3.40. The van der Waals surface area contributed by atoms with Gasteiger partial charge < -0.3 is 5.53 Å². The third-order valence-corrected chi connectivity index (χ3v) is 8.30. The van der Waals surface area contributed by atoms with E-state index in [0.29, 0.717) is 0 Å². The normalized spacial score (nSPS) is 11.7. The Labute approximate surface area is 240 Å². The molecule has 0 bridgehead atoms. The average Bonchev–Trinajstić information content (AvgIpc) is 2.93. The highest BCUT2D eigenvalue weighted by Crippen LogP contribution is 2.38. The maximum absolute atomic E-state index is 9.56. The molecule has 0 aliphatic carbocycles. The summed E-state index contributed by atoms with van der Waals surface area (Å²) in [7, 11) is 0. The summed E-state index contributed by atoms with van der Waals surface area (Å²) in [6.45, 7) is 18.0. The molecule has 0 fully saturated rings. The first kappa shape index (κ1) is 32.6. The van der Waals surface area contributed by atoms with Crippen molar-refractivity contribution in [2.24, 2.45) is 0 Å². The Bertz CT molecular complexity index is 1150. The van der Waals surface area contributed by atoms with Gasteiger partial charge in [-0.3, -0.25) is 0 Å². The van der Waals surface area contributed by atoms with Crippen molar-refractivity contribution in [3.63, 3.8) is 0 Å². The lowest BCUT2D eigenvalue weighted by molar-refractivity contribution is 0.00743. The highest BCUT2D eigenvalue weighted by molar-refractivity contribution is 5.88. The Morgan fingerprint density at radius 1 is 0.692 bits per heavy atom. The minimum atomic E-state index is 0.788. The first-order valence-electron chi connectivity index (χ1n) is 15.8. The molecule has 2 nitrogen and oxygen atoms in total. The second kappa shape index (κ2) is 17.1.